The fourth-order valence-corrected chi connectivity index (χ4v) is 1.77. The molecule has 1 atom stereocenters. The monoisotopic (exact) mass is 259 g/mol. The van der Waals surface area contributed by atoms with Crippen LogP contribution < -0.4 is 5.32 Å². The summed E-state index contributed by atoms with van der Waals surface area (Å²) >= 11 is 0. The number of hydrogen-bond acceptors (Lipinski definition) is 3. The molecule has 0 aliphatic heterocycles. The number of nitrogens with one attached hydrogen (secondary N) is 1. The maximum atomic E-state index is 13.0. The van der Waals surface area contributed by atoms with Crippen LogP contribution >= 0.6 is 0 Å². The first-order chi connectivity index (χ1) is 9.15. The number of halogens is 1. The number of pyridine rings is 2. The molecule has 2 heterocycles. The van der Waals surface area contributed by atoms with Crippen LogP contribution in [0.25, 0.3) is 0 Å². The summed E-state index contributed by atoms with van der Waals surface area (Å²) in [7, 11) is 0. The zero-order valence-electron chi connectivity index (χ0n) is 10.5. The second kappa shape index (κ2) is 6.04. The van der Waals surface area contributed by atoms with Gasteiger partial charge in [-0.3, -0.25) is 14.8 Å². The van der Waals surface area contributed by atoms with Crippen molar-refractivity contribution < 1.29 is 9.18 Å². The van der Waals surface area contributed by atoms with Gasteiger partial charge in [0.05, 0.1) is 11.8 Å². The van der Waals surface area contributed by atoms with Crippen LogP contribution in [0.4, 0.5) is 4.39 Å². The van der Waals surface area contributed by atoms with Crippen LogP contribution in [0, 0.1) is 5.82 Å². The molecule has 1 amide bonds. The third-order valence-corrected chi connectivity index (χ3v) is 2.61. The molecule has 4 nitrogen and oxygen atoms in total. The van der Waals surface area contributed by atoms with Gasteiger partial charge in [-0.15, -0.1) is 0 Å². The summed E-state index contributed by atoms with van der Waals surface area (Å²) in [6.07, 6.45) is 6.53. The molecule has 1 N–H and O–H groups in total. The lowest BCUT2D eigenvalue weighted by molar-refractivity contribution is 0.0939. The smallest absolute Gasteiger partial charge is 0.253 e. The highest BCUT2D eigenvalue weighted by molar-refractivity contribution is 5.94. The van der Waals surface area contributed by atoms with Gasteiger partial charge in [-0.05, 0) is 31.0 Å². The summed E-state index contributed by atoms with van der Waals surface area (Å²) in [5.74, 6) is -0.851. The molecule has 2 aromatic heterocycles. The average Bonchev–Trinajstić information content (AvgIpc) is 2.39. The molecule has 0 fully saturated rings. The highest BCUT2D eigenvalue weighted by Gasteiger charge is 2.11. The maximum Gasteiger partial charge on any atom is 0.253 e. The number of carbonyl (C=O) groups excluding carboxylic acids is 1. The number of rotatable bonds is 4. The van der Waals surface area contributed by atoms with Crippen molar-refractivity contribution in [3.05, 3.63) is 59.9 Å². The number of nitrogens with zero attached hydrogens (tertiary/aromatic N) is 2. The summed E-state index contributed by atoms with van der Waals surface area (Å²) in [5.41, 5.74) is 1.26. The summed E-state index contributed by atoms with van der Waals surface area (Å²) < 4.78 is 13.0. The van der Waals surface area contributed by atoms with Gasteiger partial charge in [0.1, 0.15) is 5.82 Å². The first kappa shape index (κ1) is 13.1. The van der Waals surface area contributed by atoms with Crippen LogP contribution in [0.3, 0.4) is 0 Å². The fraction of sp³-hybridized carbons (Fsp3) is 0.214. The number of amides is 1. The Morgan fingerprint density at radius 1 is 1.37 bits per heavy atom. The minimum absolute atomic E-state index is 0.0695. The summed E-state index contributed by atoms with van der Waals surface area (Å²) in [6, 6.07) is 4.89. The van der Waals surface area contributed by atoms with E-state index in [-0.39, 0.29) is 17.5 Å². The lowest BCUT2D eigenvalue weighted by Gasteiger charge is -2.13. The topological polar surface area (TPSA) is 54.9 Å². The van der Waals surface area contributed by atoms with Crippen molar-refractivity contribution in [3.8, 4) is 0 Å². The van der Waals surface area contributed by atoms with E-state index in [9.17, 15) is 9.18 Å². The highest BCUT2D eigenvalue weighted by atomic mass is 19.1. The minimum Gasteiger partial charge on any atom is -0.349 e. The van der Waals surface area contributed by atoms with Gasteiger partial charge in [0.25, 0.3) is 5.91 Å². The Morgan fingerprint density at radius 3 is 2.89 bits per heavy atom. The van der Waals surface area contributed by atoms with Gasteiger partial charge < -0.3 is 5.32 Å². The van der Waals surface area contributed by atoms with Gasteiger partial charge in [0, 0.05) is 24.6 Å². The van der Waals surface area contributed by atoms with E-state index in [1.54, 1.807) is 12.4 Å². The van der Waals surface area contributed by atoms with Gasteiger partial charge in [0.2, 0.25) is 0 Å². The van der Waals surface area contributed by atoms with E-state index < -0.39 is 5.82 Å². The van der Waals surface area contributed by atoms with Crippen LogP contribution in [0.1, 0.15) is 22.8 Å². The molecule has 1 unspecified atom stereocenters. The highest BCUT2D eigenvalue weighted by Crippen LogP contribution is 2.04. The summed E-state index contributed by atoms with van der Waals surface area (Å²) in [6.45, 7) is 1.89. The van der Waals surface area contributed by atoms with Gasteiger partial charge >= 0.3 is 0 Å². The van der Waals surface area contributed by atoms with E-state index in [0.29, 0.717) is 6.42 Å². The molecular formula is C14H14FN3O. The number of carbonyl (C=O) groups is 1. The molecule has 0 aliphatic carbocycles. The van der Waals surface area contributed by atoms with Gasteiger partial charge in [-0.25, -0.2) is 4.39 Å². The van der Waals surface area contributed by atoms with Crippen molar-refractivity contribution in [2.24, 2.45) is 0 Å². The number of hydrogen-bond donors (Lipinski definition) is 1. The Morgan fingerprint density at radius 2 is 2.21 bits per heavy atom. The van der Waals surface area contributed by atoms with Crippen molar-refractivity contribution in [2.45, 2.75) is 19.4 Å². The Kier molecular flexibility index (Phi) is 4.18. The predicted octanol–water partition coefficient (Wildman–Crippen LogP) is 1.98. The van der Waals surface area contributed by atoms with Crippen LogP contribution in [0.15, 0.2) is 43.0 Å². The third kappa shape index (κ3) is 3.84. The maximum absolute atomic E-state index is 13.0. The molecule has 0 aromatic carbocycles. The zero-order chi connectivity index (χ0) is 13.7. The molecule has 0 bridgehead atoms. The second-order valence-electron chi connectivity index (χ2n) is 4.33. The Balaban J connectivity index is 1.95. The fourth-order valence-electron chi connectivity index (χ4n) is 1.77. The minimum atomic E-state index is -0.521. The molecule has 0 aliphatic rings. The van der Waals surface area contributed by atoms with E-state index in [1.807, 2.05) is 19.1 Å². The van der Waals surface area contributed by atoms with Crippen LogP contribution in [0.5, 0.6) is 0 Å². The molecule has 0 radical (unpaired) electrons. The van der Waals surface area contributed by atoms with Crippen molar-refractivity contribution in [1.29, 1.82) is 0 Å². The first-order valence-electron chi connectivity index (χ1n) is 5.95. The van der Waals surface area contributed by atoms with E-state index >= 15 is 0 Å². The molecule has 2 aromatic rings. The lowest BCUT2D eigenvalue weighted by Crippen LogP contribution is -2.34. The van der Waals surface area contributed by atoms with E-state index in [0.717, 1.165) is 11.8 Å². The first-order valence-corrected chi connectivity index (χ1v) is 5.95. The van der Waals surface area contributed by atoms with Crippen LogP contribution in [-0.2, 0) is 6.42 Å². The van der Waals surface area contributed by atoms with Crippen molar-refractivity contribution in [3.63, 3.8) is 0 Å². The van der Waals surface area contributed by atoms with Crippen LogP contribution in [-0.4, -0.2) is 21.9 Å². The van der Waals surface area contributed by atoms with E-state index in [4.69, 9.17) is 0 Å². The molecular weight excluding hydrogens is 245 g/mol. The standard InChI is InChI=1S/C14H14FN3O/c1-10(5-11-3-2-4-16-7-11)18-14(19)12-6-13(15)9-17-8-12/h2-4,6-10H,5H2,1H3,(H,18,19). The lowest BCUT2D eigenvalue weighted by atomic mass is 10.1. The zero-order valence-corrected chi connectivity index (χ0v) is 10.5. The molecule has 0 spiro atoms. The normalized spacial score (nSPS) is 11.9. The molecule has 2 rings (SSSR count). The average molecular weight is 259 g/mol. The van der Waals surface area contributed by atoms with Crippen molar-refractivity contribution >= 4 is 5.91 Å². The third-order valence-electron chi connectivity index (χ3n) is 2.61. The van der Waals surface area contributed by atoms with E-state index in [2.05, 4.69) is 15.3 Å². The SMILES string of the molecule is CC(Cc1cccnc1)NC(=O)c1cncc(F)c1. The van der Waals surface area contributed by atoms with Gasteiger partial charge in [-0.1, -0.05) is 6.07 Å². The Labute approximate surface area is 110 Å². The van der Waals surface area contributed by atoms with Gasteiger partial charge in [0.15, 0.2) is 0 Å². The second-order valence-corrected chi connectivity index (χ2v) is 4.33. The molecule has 0 saturated heterocycles. The van der Waals surface area contributed by atoms with Crippen molar-refractivity contribution in [2.75, 3.05) is 0 Å². The van der Waals surface area contributed by atoms with Gasteiger partial charge in [-0.2, -0.15) is 0 Å². The molecule has 0 saturated carbocycles. The van der Waals surface area contributed by atoms with Crippen molar-refractivity contribution in [1.82, 2.24) is 15.3 Å². The summed E-state index contributed by atoms with van der Waals surface area (Å²) in [5, 5.41) is 2.80. The Bertz CT molecular complexity index is 560. The van der Waals surface area contributed by atoms with E-state index in [1.165, 1.54) is 12.3 Å². The molecule has 5 heteroatoms. The molecule has 98 valence electrons. The quantitative estimate of drug-likeness (QED) is 0.913. The van der Waals surface area contributed by atoms with Crippen LogP contribution in [0.2, 0.25) is 0 Å². The summed E-state index contributed by atoms with van der Waals surface area (Å²) in [4.78, 5) is 19.5. The predicted molar refractivity (Wildman–Crippen MR) is 69.1 cm³/mol. The number of aromatic nitrogens is 2. The molecule has 19 heavy (non-hydrogen) atoms. The largest absolute Gasteiger partial charge is 0.349 e. The Hall–Kier alpha value is -2.30.